The Morgan fingerprint density at radius 2 is 1.13 bits per heavy atom. The molecule has 6 nitrogen and oxygen atoms in total. The molecule has 0 aromatic heterocycles. The summed E-state index contributed by atoms with van der Waals surface area (Å²) in [6.45, 7) is 0. The van der Waals surface area contributed by atoms with Gasteiger partial charge in [0.05, 0.1) is 0 Å². The maximum atomic E-state index is 11.4. The largest absolute Gasteiger partial charge is 0.481 e. The van der Waals surface area contributed by atoms with Crippen molar-refractivity contribution in [3.8, 4) is 0 Å². The van der Waals surface area contributed by atoms with Crippen molar-refractivity contribution < 1.29 is 29.0 Å². The van der Waals surface area contributed by atoms with Gasteiger partial charge in [-0.05, 0) is 25.7 Å². The lowest BCUT2D eigenvalue weighted by Gasteiger charge is -2.03. The van der Waals surface area contributed by atoms with Crippen molar-refractivity contribution in [2.45, 2.75) is 83.5 Å². The number of carbonyl (C=O) groups is 4. The summed E-state index contributed by atoms with van der Waals surface area (Å²) in [6, 6.07) is 0. The number of aliphatic carboxylic acids is 1. The molecule has 0 aliphatic rings. The van der Waals surface area contributed by atoms with E-state index in [1.165, 1.54) is 0 Å². The second-order valence-electron chi connectivity index (χ2n) is 5.63. The third kappa shape index (κ3) is 16.5. The van der Waals surface area contributed by atoms with Gasteiger partial charge in [-0.25, -0.2) is 0 Å². The van der Waals surface area contributed by atoms with Gasteiger partial charge in [0.1, 0.15) is 6.29 Å². The van der Waals surface area contributed by atoms with Gasteiger partial charge in [0.2, 0.25) is 0 Å². The fourth-order valence-electron chi connectivity index (χ4n) is 2.16. The molecule has 0 bridgehead atoms. The Bertz CT molecular complexity index is 364. The Labute approximate surface area is 137 Å². The molecule has 0 rings (SSSR count). The summed E-state index contributed by atoms with van der Waals surface area (Å²) < 4.78 is 4.73. The van der Waals surface area contributed by atoms with Gasteiger partial charge < -0.3 is 14.6 Å². The summed E-state index contributed by atoms with van der Waals surface area (Å²) in [5, 5.41) is 8.48. The SMILES string of the molecule is O=CCCCCCCC(=O)OC(=O)CCCCCCCC(=O)O. The van der Waals surface area contributed by atoms with Gasteiger partial charge in [0.25, 0.3) is 0 Å². The zero-order valence-corrected chi connectivity index (χ0v) is 13.8. The fraction of sp³-hybridized carbons (Fsp3) is 0.765. The van der Waals surface area contributed by atoms with Crippen molar-refractivity contribution >= 4 is 24.2 Å². The minimum atomic E-state index is -0.782. The average Bonchev–Trinajstić information content (AvgIpc) is 2.49. The molecule has 0 saturated heterocycles. The summed E-state index contributed by atoms with van der Waals surface area (Å²) in [5.41, 5.74) is 0. The highest BCUT2D eigenvalue weighted by atomic mass is 16.6. The van der Waals surface area contributed by atoms with Crippen molar-refractivity contribution in [3.05, 3.63) is 0 Å². The van der Waals surface area contributed by atoms with E-state index in [2.05, 4.69) is 0 Å². The van der Waals surface area contributed by atoms with E-state index >= 15 is 0 Å². The second-order valence-corrected chi connectivity index (χ2v) is 5.63. The minimum absolute atomic E-state index is 0.186. The summed E-state index contributed by atoms with van der Waals surface area (Å²) in [4.78, 5) is 43.3. The van der Waals surface area contributed by atoms with Crippen molar-refractivity contribution in [2.75, 3.05) is 0 Å². The lowest BCUT2D eigenvalue weighted by atomic mass is 10.1. The van der Waals surface area contributed by atoms with Crippen LogP contribution in [0.4, 0.5) is 0 Å². The summed E-state index contributed by atoms with van der Waals surface area (Å²) >= 11 is 0. The molecule has 0 spiro atoms. The van der Waals surface area contributed by atoms with Crippen LogP contribution in [0.1, 0.15) is 83.5 Å². The van der Waals surface area contributed by atoms with Crippen LogP contribution in [0.15, 0.2) is 0 Å². The maximum absolute atomic E-state index is 11.4. The molecule has 23 heavy (non-hydrogen) atoms. The molecule has 1 N–H and O–H groups in total. The first kappa shape index (κ1) is 21.3. The first-order valence-corrected chi connectivity index (χ1v) is 8.45. The van der Waals surface area contributed by atoms with E-state index in [1.807, 2.05) is 0 Å². The predicted octanol–water partition coefficient (Wildman–Crippen LogP) is 3.41. The zero-order valence-electron chi connectivity index (χ0n) is 13.8. The Morgan fingerprint density at radius 3 is 1.61 bits per heavy atom. The molecule has 0 aromatic rings. The van der Waals surface area contributed by atoms with Crippen LogP contribution in [0.25, 0.3) is 0 Å². The lowest BCUT2D eigenvalue weighted by molar-refractivity contribution is -0.159. The number of carboxylic acids is 1. The van der Waals surface area contributed by atoms with Crippen LogP contribution < -0.4 is 0 Å². The normalized spacial score (nSPS) is 10.3. The number of unbranched alkanes of at least 4 members (excludes halogenated alkanes) is 8. The van der Waals surface area contributed by atoms with Gasteiger partial charge in [-0.2, -0.15) is 0 Å². The van der Waals surface area contributed by atoms with E-state index in [4.69, 9.17) is 9.84 Å². The Hall–Kier alpha value is -1.72. The number of esters is 2. The Kier molecular flexibility index (Phi) is 14.1. The third-order valence-corrected chi connectivity index (χ3v) is 3.45. The molecule has 132 valence electrons. The van der Waals surface area contributed by atoms with E-state index in [-0.39, 0.29) is 19.3 Å². The van der Waals surface area contributed by atoms with Crippen molar-refractivity contribution in [1.82, 2.24) is 0 Å². The molecular weight excluding hydrogens is 300 g/mol. The van der Waals surface area contributed by atoms with Crippen molar-refractivity contribution in [3.63, 3.8) is 0 Å². The van der Waals surface area contributed by atoms with Gasteiger partial charge >= 0.3 is 17.9 Å². The first-order valence-electron chi connectivity index (χ1n) is 8.45. The van der Waals surface area contributed by atoms with Crippen LogP contribution in [0, 0.1) is 0 Å². The van der Waals surface area contributed by atoms with Crippen LogP contribution in [0.2, 0.25) is 0 Å². The molecule has 0 saturated carbocycles. The molecule has 0 aliphatic heterocycles. The van der Waals surface area contributed by atoms with Crippen LogP contribution >= 0.6 is 0 Å². The minimum Gasteiger partial charge on any atom is -0.481 e. The van der Waals surface area contributed by atoms with Gasteiger partial charge in [-0.15, -0.1) is 0 Å². The lowest BCUT2D eigenvalue weighted by Crippen LogP contribution is -2.11. The number of rotatable bonds is 15. The number of ether oxygens (including phenoxy) is 1. The third-order valence-electron chi connectivity index (χ3n) is 3.45. The summed E-state index contributed by atoms with van der Waals surface area (Å²) in [6.07, 6.45) is 9.24. The van der Waals surface area contributed by atoms with Crippen molar-refractivity contribution in [1.29, 1.82) is 0 Å². The highest BCUT2D eigenvalue weighted by Crippen LogP contribution is 2.09. The molecule has 0 aromatic carbocycles. The Balaban J connectivity index is 3.42. The van der Waals surface area contributed by atoms with Crippen LogP contribution in [-0.2, 0) is 23.9 Å². The number of hydrogen-bond acceptors (Lipinski definition) is 5. The second kappa shape index (κ2) is 15.2. The van der Waals surface area contributed by atoms with E-state index < -0.39 is 17.9 Å². The average molecular weight is 328 g/mol. The molecule has 6 heteroatoms. The fourth-order valence-corrected chi connectivity index (χ4v) is 2.16. The van der Waals surface area contributed by atoms with E-state index in [1.54, 1.807) is 0 Å². The summed E-state index contributed by atoms with van der Waals surface area (Å²) in [7, 11) is 0. The topological polar surface area (TPSA) is 97.7 Å². The first-order chi connectivity index (χ1) is 11.1. The van der Waals surface area contributed by atoms with Gasteiger partial charge in [0, 0.05) is 25.7 Å². The Morgan fingerprint density at radius 1 is 0.696 bits per heavy atom. The van der Waals surface area contributed by atoms with Gasteiger partial charge in [-0.1, -0.05) is 32.1 Å². The monoisotopic (exact) mass is 328 g/mol. The number of carboxylic acid groups (broad SMARTS) is 1. The number of hydrogen-bond donors (Lipinski definition) is 1. The molecule has 0 atom stereocenters. The molecule has 0 unspecified atom stereocenters. The zero-order chi connectivity index (χ0) is 17.3. The van der Waals surface area contributed by atoms with Gasteiger partial charge in [0.15, 0.2) is 0 Å². The highest BCUT2D eigenvalue weighted by molar-refractivity contribution is 5.85. The van der Waals surface area contributed by atoms with Crippen LogP contribution in [-0.4, -0.2) is 29.3 Å². The van der Waals surface area contributed by atoms with E-state index in [0.717, 1.165) is 44.8 Å². The number of aldehydes is 1. The molecule has 0 fully saturated rings. The van der Waals surface area contributed by atoms with E-state index in [9.17, 15) is 19.2 Å². The quantitative estimate of drug-likeness (QED) is 0.214. The standard InChI is InChI=1S/C17H28O6/c18-14-10-6-2-5-9-13-17(22)23-16(21)12-8-4-1-3-7-11-15(19)20/h14H,1-13H2,(H,19,20). The highest BCUT2D eigenvalue weighted by Gasteiger charge is 2.09. The molecular formula is C17H28O6. The van der Waals surface area contributed by atoms with Gasteiger partial charge in [-0.3, -0.25) is 14.4 Å². The number of carbonyl (C=O) groups excluding carboxylic acids is 3. The van der Waals surface area contributed by atoms with E-state index in [0.29, 0.717) is 25.7 Å². The van der Waals surface area contributed by atoms with Crippen LogP contribution in [0.5, 0.6) is 0 Å². The maximum Gasteiger partial charge on any atom is 0.313 e. The van der Waals surface area contributed by atoms with Crippen LogP contribution in [0.3, 0.4) is 0 Å². The predicted molar refractivity (Wildman–Crippen MR) is 84.8 cm³/mol. The molecule has 0 heterocycles. The molecule has 0 amide bonds. The molecule has 0 radical (unpaired) electrons. The molecule has 0 aliphatic carbocycles. The van der Waals surface area contributed by atoms with Crippen molar-refractivity contribution in [2.24, 2.45) is 0 Å². The summed E-state index contributed by atoms with van der Waals surface area (Å²) in [5.74, 6) is -1.75. The smallest absolute Gasteiger partial charge is 0.313 e.